The Bertz CT molecular complexity index is 859. The zero-order chi connectivity index (χ0) is 17.9. The molecule has 128 valence electrons. The van der Waals surface area contributed by atoms with Gasteiger partial charge in [0.2, 0.25) is 5.91 Å². The Morgan fingerprint density at radius 1 is 1.00 bits per heavy atom. The minimum atomic E-state index is -3.72. The number of ether oxygens (including phenoxy) is 1. The lowest BCUT2D eigenvalue weighted by atomic mass is 10.1. The molecule has 2 aromatic carbocycles. The molecule has 0 saturated heterocycles. The normalized spacial score (nSPS) is 11.0. The topological polar surface area (TPSA) is 84.5 Å². The summed E-state index contributed by atoms with van der Waals surface area (Å²) in [5.74, 6) is 0.489. The van der Waals surface area contributed by atoms with E-state index in [0.29, 0.717) is 17.1 Å². The van der Waals surface area contributed by atoms with Crippen LogP contribution in [-0.2, 0) is 14.8 Å². The van der Waals surface area contributed by atoms with Gasteiger partial charge in [-0.2, -0.15) is 0 Å². The van der Waals surface area contributed by atoms with Crippen molar-refractivity contribution in [2.75, 3.05) is 17.1 Å². The summed E-state index contributed by atoms with van der Waals surface area (Å²) in [5.41, 5.74) is 2.71. The first-order valence-electron chi connectivity index (χ1n) is 7.29. The third-order valence-electron chi connectivity index (χ3n) is 3.69. The van der Waals surface area contributed by atoms with Gasteiger partial charge in [-0.25, -0.2) is 8.42 Å². The summed E-state index contributed by atoms with van der Waals surface area (Å²) < 4.78 is 32.9. The second-order valence-corrected chi connectivity index (χ2v) is 7.06. The average Bonchev–Trinajstić information content (AvgIpc) is 2.52. The molecule has 0 aromatic heterocycles. The molecule has 0 fully saturated rings. The van der Waals surface area contributed by atoms with E-state index in [0.717, 1.165) is 11.1 Å². The Labute approximate surface area is 141 Å². The molecule has 0 aliphatic heterocycles. The Hall–Kier alpha value is -2.54. The predicted octanol–water partition coefficient (Wildman–Crippen LogP) is 3.07. The Kier molecular flexibility index (Phi) is 5.14. The van der Waals surface area contributed by atoms with Crippen LogP contribution in [0, 0.1) is 13.8 Å². The van der Waals surface area contributed by atoms with E-state index in [1.54, 1.807) is 31.4 Å². The number of nitrogens with one attached hydrogen (secondary N) is 2. The van der Waals surface area contributed by atoms with Crippen molar-refractivity contribution in [3.05, 3.63) is 47.5 Å². The van der Waals surface area contributed by atoms with Crippen LogP contribution in [0.2, 0.25) is 0 Å². The van der Waals surface area contributed by atoms with Crippen molar-refractivity contribution in [1.82, 2.24) is 0 Å². The molecule has 0 heterocycles. The van der Waals surface area contributed by atoms with Crippen molar-refractivity contribution in [2.45, 2.75) is 25.7 Å². The molecule has 1 amide bonds. The molecule has 0 bridgehead atoms. The highest BCUT2D eigenvalue weighted by molar-refractivity contribution is 7.92. The van der Waals surface area contributed by atoms with E-state index in [2.05, 4.69) is 10.0 Å². The van der Waals surface area contributed by atoms with Crippen LogP contribution < -0.4 is 14.8 Å². The lowest BCUT2D eigenvalue weighted by Gasteiger charge is -2.15. The molecule has 0 spiro atoms. The van der Waals surface area contributed by atoms with Gasteiger partial charge < -0.3 is 10.1 Å². The van der Waals surface area contributed by atoms with Crippen LogP contribution in [0.3, 0.4) is 0 Å². The number of benzene rings is 2. The van der Waals surface area contributed by atoms with Crippen LogP contribution in [0.5, 0.6) is 5.75 Å². The largest absolute Gasteiger partial charge is 0.496 e. The SMILES string of the molecule is COc1ccc(NS(=O)(=O)c2ccc(NC(C)=O)cc2)c(C)c1C. The highest BCUT2D eigenvalue weighted by Crippen LogP contribution is 2.29. The third-order valence-corrected chi connectivity index (χ3v) is 5.07. The summed E-state index contributed by atoms with van der Waals surface area (Å²) in [6, 6.07) is 9.37. The molecule has 0 radical (unpaired) electrons. The number of sulfonamides is 1. The smallest absolute Gasteiger partial charge is 0.261 e. The minimum Gasteiger partial charge on any atom is -0.496 e. The Morgan fingerprint density at radius 3 is 2.17 bits per heavy atom. The maximum Gasteiger partial charge on any atom is 0.261 e. The molecule has 2 N–H and O–H groups in total. The average molecular weight is 348 g/mol. The van der Waals surface area contributed by atoms with Gasteiger partial charge in [-0.1, -0.05) is 0 Å². The summed E-state index contributed by atoms with van der Waals surface area (Å²) in [5, 5.41) is 2.59. The van der Waals surface area contributed by atoms with Gasteiger partial charge in [0.05, 0.1) is 17.7 Å². The number of methoxy groups -OCH3 is 1. The predicted molar refractivity (Wildman–Crippen MR) is 94.0 cm³/mol. The summed E-state index contributed by atoms with van der Waals surface area (Å²) in [6.07, 6.45) is 0. The van der Waals surface area contributed by atoms with E-state index in [4.69, 9.17) is 4.74 Å². The van der Waals surface area contributed by atoms with Crippen molar-refractivity contribution in [2.24, 2.45) is 0 Å². The number of carbonyl (C=O) groups excluding carboxylic acids is 1. The number of carbonyl (C=O) groups is 1. The lowest BCUT2D eigenvalue weighted by molar-refractivity contribution is -0.114. The zero-order valence-electron chi connectivity index (χ0n) is 14.0. The van der Waals surface area contributed by atoms with E-state index in [1.165, 1.54) is 19.1 Å². The fraction of sp³-hybridized carbons (Fsp3) is 0.235. The minimum absolute atomic E-state index is 0.115. The lowest BCUT2D eigenvalue weighted by Crippen LogP contribution is -2.14. The molecule has 2 aromatic rings. The molecule has 0 aliphatic carbocycles. The zero-order valence-corrected chi connectivity index (χ0v) is 14.8. The van der Waals surface area contributed by atoms with Crippen LogP contribution >= 0.6 is 0 Å². The maximum absolute atomic E-state index is 12.5. The summed E-state index contributed by atoms with van der Waals surface area (Å²) in [4.78, 5) is 11.1. The van der Waals surface area contributed by atoms with Crippen LogP contribution in [0.4, 0.5) is 11.4 Å². The van der Waals surface area contributed by atoms with E-state index in [-0.39, 0.29) is 10.8 Å². The van der Waals surface area contributed by atoms with E-state index in [9.17, 15) is 13.2 Å². The number of hydrogen-bond acceptors (Lipinski definition) is 4. The molecule has 7 heteroatoms. The second kappa shape index (κ2) is 6.92. The highest BCUT2D eigenvalue weighted by Gasteiger charge is 2.17. The molecule has 6 nitrogen and oxygen atoms in total. The van der Waals surface area contributed by atoms with Gasteiger partial charge in [0, 0.05) is 12.6 Å². The molecule has 0 aliphatic rings. The van der Waals surface area contributed by atoms with E-state index in [1.807, 2.05) is 13.8 Å². The molecule has 2 rings (SSSR count). The number of amides is 1. The molecular weight excluding hydrogens is 328 g/mol. The van der Waals surface area contributed by atoms with Crippen LogP contribution in [0.15, 0.2) is 41.3 Å². The van der Waals surface area contributed by atoms with Crippen molar-refractivity contribution in [3.63, 3.8) is 0 Å². The van der Waals surface area contributed by atoms with Gasteiger partial charge in [0.25, 0.3) is 10.0 Å². The Balaban J connectivity index is 2.28. The first kappa shape index (κ1) is 17.8. The molecule has 0 saturated carbocycles. The fourth-order valence-corrected chi connectivity index (χ4v) is 3.37. The maximum atomic E-state index is 12.5. The van der Waals surface area contributed by atoms with Crippen molar-refractivity contribution < 1.29 is 17.9 Å². The molecule has 0 atom stereocenters. The fourth-order valence-electron chi connectivity index (χ4n) is 2.25. The number of rotatable bonds is 5. The van der Waals surface area contributed by atoms with Crippen LogP contribution in [0.25, 0.3) is 0 Å². The second-order valence-electron chi connectivity index (χ2n) is 5.38. The molecular formula is C17H20N2O4S. The molecule has 0 unspecified atom stereocenters. The summed E-state index contributed by atoms with van der Waals surface area (Å²) in [7, 11) is -2.15. The number of anilines is 2. The first-order chi connectivity index (χ1) is 11.2. The third kappa shape index (κ3) is 3.86. The Morgan fingerprint density at radius 2 is 1.62 bits per heavy atom. The monoisotopic (exact) mass is 348 g/mol. The van der Waals surface area contributed by atoms with Gasteiger partial charge in [0.15, 0.2) is 0 Å². The number of hydrogen-bond donors (Lipinski definition) is 2. The van der Waals surface area contributed by atoms with Gasteiger partial charge >= 0.3 is 0 Å². The van der Waals surface area contributed by atoms with E-state index < -0.39 is 10.0 Å². The summed E-state index contributed by atoms with van der Waals surface area (Å²) >= 11 is 0. The molecule has 24 heavy (non-hydrogen) atoms. The highest BCUT2D eigenvalue weighted by atomic mass is 32.2. The summed E-state index contributed by atoms with van der Waals surface area (Å²) in [6.45, 7) is 5.09. The quantitative estimate of drug-likeness (QED) is 0.870. The van der Waals surface area contributed by atoms with Crippen molar-refractivity contribution in [1.29, 1.82) is 0 Å². The van der Waals surface area contributed by atoms with Crippen LogP contribution in [-0.4, -0.2) is 21.4 Å². The van der Waals surface area contributed by atoms with Gasteiger partial charge in [-0.3, -0.25) is 9.52 Å². The van der Waals surface area contributed by atoms with Gasteiger partial charge in [-0.05, 0) is 61.4 Å². The van der Waals surface area contributed by atoms with Crippen molar-refractivity contribution in [3.8, 4) is 5.75 Å². The van der Waals surface area contributed by atoms with Gasteiger partial charge in [-0.15, -0.1) is 0 Å². The standard InChI is InChI=1S/C17H20N2O4S/c1-11-12(2)17(23-4)10-9-16(11)19-24(21,22)15-7-5-14(6-8-15)18-13(3)20/h5-10,19H,1-4H3,(H,18,20). The first-order valence-corrected chi connectivity index (χ1v) is 8.77. The van der Waals surface area contributed by atoms with E-state index >= 15 is 0 Å². The van der Waals surface area contributed by atoms with Crippen LogP contribution in [0.1, 0.15) is 18.1 Å². The van der Waals surface area contributed by atoms with Gasteiger partial charge in [0.1, 0.15) is 5.75 Å². The van der Waals surface area contributed by atoms with Crippen molar-refractivity contribution >= 4 is 27.3 Å².